The summed E-state index contributed by atoms with van der Waals surface area (Å²) in [7, 11) is 0. The van der Waals surface area contributed by atoms with E-state index >= 15 is 0 Å². The molecule has 0 aliphatic carbocycles. The minimum absolute atomic E-state index is 0.417. The summed E-state index contributed by atoms with van der Waals surface area (Å²) in [5.41, 5.74) is 7.35. The van der Waals surface area contributed by atoms with Crippen LogP contribution in [0.3, 0.4) is 0 Å². The molecule has 1 unspecified atom stereocenters. The van der Waals surface area contributed by atoms with Crippen LogP contribution in [0.4, 0.5) is 0 Å². The summed E-state index contributed by atoms with van der Waals surface area (Å²) >= 11 is 1.84. The molecule has 1 aromatic rings. The third kappa shape index (κ3) is 3.30. The predicted octanol–water partition coefficient (Wildman–Crippen LogP) is 3.18. The Hall–Kier alpha value is -0.380. The number of nitrogens with zero attached hydrogens (tertiary/aromatic N) is 1. The number of hydrogen-bond acceptors (Lipinski definition) is 3. The van der Waals surface area contributed by atoms with E-state index in [9.17, 15) is 0 Å². The van der Waals surface area contributed by atoms with Gasteiger partial charge in [-0.2, -0.15) is 0 Å². The Balaban J connectivity index is 2.81. The van der Waals surface area contributed by atoms with Crippen LogP contribution >= 0.6 is 11.3 Å². The molecule has 2 nitrogen and oxygen atoms in total. The van der Waals surface area contributed by atoms with Gasteiger partial charge >= 0.3 is 0 Å². The molecule has 0 amide bonds. The smallest absolute Gasteiger partial charge is 0.0566 e. The molecule has 0 bridgehead atoms. The second kappa shape index (κ2) is 7.05. The van der Waals surface area contributed by atoms with Crippen LogP contribution in [0.5, 0.6) is 0 Å². The first-order chi connectivity index (χ1) is 7.74. The molecule has 0 aliphatic heterocycles. The van der Waals surface area contributed by atoms with Gasteiger partial charge in [-0.05, 0) is 49.9 Å². The second-order valence-electron chi connectivity index (χ2n) is 4.26. The molecule has 1 aromatic heterocycles. The fourth-order valence-electron chi connectivity index (χ4n) is 2.15. The molecule has 1 heterocycles. The third-order valence-electron chi connectivity index (χ3n) is 2.89. The summed E-state index contributed by atoms with van der Waals surface area (Å²) in [5.74, 6) is 0. The van der Waals surface area contributed by atoms with Crippen molar-refractivity contribution in [2.75, 3.05) is 19.6 Å². The normalized spacial score (nSPS) is 13.3. The predicted molar refractivity (Wildman–Crippen MR) is 73.0 cm³/mol. The van der Waals surface area contributed by atoms with Crippen molar-refractivity contribution < 1.29 is 0 Å². The van der Waals surface area contributed by atoms with Crippen molar-refractivity contribution in [3.05, 3.63) is 21.9 Å². The molecular formula is C13H24N2S. The summed E-state index contributed by atoms with van der Waals surface area (Å²) < 4.78 is 0. The van der Waals surface area contributed by atoms with Gasteiger partial charge < -0.3 is 5.73 Å². The summed E-state index contributed by atoms with van der Waals surface area (Å²) in [6.07, 6.45) is 2.39. The maximum Gasteiger partial charge on any atom is 0.0566 e. The third-order valence-corrected chi connectivity index (χ3v) is 4.01. The van der Waals surface area contributed by atoms with Crippen LogP contribution in [0, 0.1) is 6.92 Å². The summed E-state index contributed by atoms with van der Waals surface area (Å²) in [4.78, 5) is 3.98. The van der Waals surface area contributed by atoms with Crippen molar-refractivity contribution in [2.45, 2.75) is 39.7 Å². The molecular weight excluding hydrogens is 216 g/mol. The first-order valence-corrected chi connectivity index (χ1v) is 7.10. The Morgan fingerprint density at radius 3 is 2.31 bits per heavy atom. The van der Waals surface area contributed by atoms with Crippen LogP contribution in [-0.2, 0) is 0 Å². The Morgan fingerprint density at radius 2 is 1.94 bits per heavy atom. The van der Waals surface area contributed by atoms with Gasteiger partial charge in [0.1, 0.15) is 0 Å². The van der Waals surface area contributed by atoms with E-state index in [2.05, 4.69) is 37.1 Å². The molecule has 0 saturated heterocycles. The zero-order valence-electron chi connectivity index (χ0n) is 10.7. The molecule has 0 spiro atoms. The van der Waals surface area contributed by atoms with Gasteiger partial charge in [0, 0.05) is 11.4 Å². The van der Waals surface area contributed by atoms with E-state index in [1.54, 1.807) is 0 Å². The zero-order valence-corrected chi connectivity index (χ0v) is 11.5. The minimum atomic E-state index is 0.417. The van der Waals surface area contributed by atoms with Crippen LogP contribution in [-0.4, -0.2) is 24.5 Å². The average Bonchev–Trinajstić information content (AvgIpc) is 2.67. The molecule has 0 aliphatic rings. The molecule has 0 aromatic carbocycles. The zero-order chi connectivity index (χ0) is 12.0. The van der Waals surface area contributed by atoms with Crippen LogP contribution in [0.15, 0.2) is 11.4 Å². The first kappa shape index (κ1) is 13.7. The monoisotopic (exact) mass is 240 g/mol. The van der Waals surface area contributed by atoms with Gasteiger partial charge in [-0.1, -0.05) is 13.8 Å². The number of aryl methyl sites for hydroxylation is 1. The Kier molecular flexibility index (Phi) is 6.03. The highest BCUT2D eigenvalue weighted by Crippen LogP contribution is 2.28. The lowest BCUT2D eigenvalue weighted by atomic mass is 10.1. The fraction of sp³-hybridized carbons (Fsp3) is 0.692. The van der Waals surface area contributed by atoms with E-state index in [-0.39, 0.29) is 0 Å². The van der Waals surface area contributed by atoms with Gasteiger partial charge in [-0.15, -0.1) is 11.3 Å². The molecule has 3 heteroatoms. The Morgan fingerprint density at radius 1 is 1.31 bits per heavy atom. The maximum absolute atomic E-state index is 5.96. The van der Waals surface area contributed by atoms with Crippen LogP contribution in [0.25, 0.3) is 0 Å². The summed E-state index contributed by atoms with van der Waals surface area (Å²) in [6.45, 7) is 9.67. The van der Waals surface area contributed by atoms with Gasteiger partial charge in [0.15, 0.2) is 0 Å². The van der Waals surface area contributed by atoms with Crippen molar-refractivity contribution in [3.63, 3.8) is 0 Å². The topological polar surface area (TPSA) is 29.3 Å². The highest BCUT2D eigenvalue weighted by Gasteiger charge is 2.20. The molecule has 0 saturated carbocycles. The lowest BCUT2D eigenvalue weighted by Crippen LogP contribution is -2.34. The number of nitrogens with two attached hydrogens (primary N) is 1. The highest BCUT2D eigenvalue weighted by atomic mass is 32.1. The van der Waals surface area contributed by atoms with Crippen LogP contribution in [0.1, 0.15) is 43.2 Å². The van der Waals surface area contributed by atoms with Gasteiger partial charge in [0.25, 0.3) is 0 Å². The molecule has 0 fully saturated rings. The van der Waals surface area contributed by atoms with Gasteiger partial charge in [-0.25, -0.2) is 0 Å². The van der Waals surface area contributed by atoms with Crippen molar-refractivity contribution >= 4 is 11.3 Å². The maximum atomic E-state index is 5.96. The van der Waals surface area contributed by atoms with Gasteiger partial charge in [-0.3, -0.25) is 4.90 Å². The van der Waals surface area contributed by atoms with Crippen LogP contribution < -0.4 is 5.73 Å². The summed E-state index contributed by atoms with van der Waals surface area (Å²) in [6, 6.07) is 2.61. The fourth-order valence-corrected chi connectivity index (χ4v) is 3.22. The number of hydrogen-bond donors (Lipinski definition) is 1. The molecule has 92 valence electrons. The quantitative estimate of drug-likeness (QED) is 0.793. The van der Waals surface area contributed by atoms with Crippen molar-refractivity contribution in [1.82, 2.24) is 4.90 Å². The molecule has 1 rings (SSSR count). The van der Waals surface area contributed by atoms with Crippen molar-refractivity contribution in [3.8, 4) is 0 Å². The van der Waals surface area contributed by atoms with E-state index in [1.807, 2.05) is 11.3 Å². The Bertz CT molecular complexity index is 290. The number of thiophene rings is 1. The highest BCUT2D eigenvalue weighted by molar-refractivity contribution is 7.10. The van der Waals surface area contributed by atoms with Gasteiger partial charge in [0.2, 0.25) is 0 Å². The van der Waals surface area contributed by atoms with E-state index in [4.69, 9.17) is 5.73 Å². The summed E-state index contributed by atoms with van der Waals surface area (Å²) in [5, 5.41) is 2.17. The average molecular weight is 240 g/mol. The Labute approximate surface area is 103 Å². The van der Waals surface area contributed by atoms with E-state index in [0.29, 0.717) is 6.04 Å². The molecule has 16 heavy (non-hydrogen) atoms. The molecule has 2 N–H and O–H groups in total. The van der Waals surface area contributed by atoms with Gasteiger partial charge in [0.05, 0.1) is 6.04 Å². The van der Waals surface area contributed by atoms with Crippen molar-refractivity contribution in [1.29, 1.82) is 0 Å². The van der Waals surface area contributed by atoms with E-state index < -0.39 is 0 Å². The molecule has 0 radical (unpaired) electrons. The second-order valence-corrected chi connectivity index (χ2v) is 5.20. The van der Waals surface area contributed by atoms with E-state index in [1.165, 1.54) is 23.3 Å². The largest absolute Gasteiger partial charge is 0.329 e. The minimum Gasteiger partial charge on any atom is -0.329 e. The van der Waals surface area contributed by atoms with Crippen LogP contribution in [0.2, 0.25) is 0 Å². The molecule has 1 atom stereocenters. The van der Waals surface area contributed by atoms with Crippen molar-refractivity contribution in [2.24, 2.45) is 5.73 Å². The lowest BCUT2D eigenvalue weighted by Gasteiger charge is -2.30. The standard InChI is InChI=1S/C13H24N2S/c1-4-7-15(8-5-2)12(10-14)13-11(3)6-9-16-13/h6,9,12H,4-5,7-8,10,14H2,1-3H3. The first-order valence-electron chi connectivity index (χ1n) is 6.22. The lowest BCUT2D eigenvalue weighted by molar-refractivity contribution is 0.204. The van der Waals surface area contributed by atoms with E-state index in [0.717, 1.165) is 19.6 Å². The number of rotatable bonds is 7. The SMILES string of the molecule is CCCN(CCC)C(CN)c1sccc1C.